The summed E-state index contributed by atoms with van der Waals surface area (Å²) in [5.74, 6) is 0. The second-order valence-corrected chi connectivity index (χ2v) is 20.2. The van der Waals surface area contributed by atoms with E-state index >= 15 is 0 Å². The zero-order chi connectivity index (χ0) is 9.07. The zero-order valence-corrected chi connectivity index (χ0v) is 11.3. The SMILES string of the molecule is C=C(C)/C=C(\C)[CH2][Sn]([CH3])([CH3])[CH3]. The Bertz CT molecular complexity index is 170. The Morgan fingerprint density at radius 1 is 1.27 bits per heavy atom. The molecule has 0 rings (SSSR count). The maximum absolute atomic E-state index is 3.87. The Balaban J connectivity index is 4.07. The van der Waals surface area contributed by atoms with Crippen LogP contribution in [-0.2, 0) is 0 Å². The van der Waals surface area contributed by atoms with Crippen LogP contribution in [0.1, 0.15) is 13.8 Å². The molecule has 1 heteroatoms. The van der Waals surface area contributed by atoms with E-state index in [2.05, 4.69) is 41.3 Å². The van der Waals surface area contributed by atoms with Crippen LogP contribution in [0.4, 0.5) is 0 Å². The molecule has 64 valence electrons. The van der Waals surface area contributed by atoms with Crippen LogP contribution >= 0.6 is 0 Å². The van der Waals surface area contributed by atoms with Crippen LogP contribution in [0, 0.1) is 0 Å². The van der Waals surface area contributed by atoms with Gasteiger partial charge in [-0.1, -0.05) is 0 Å². The van der Waals surface area contributed by atoms with E-state index in [0.717, 1.165) is 0 Å². The molecule has 11 heavy (non-hydrogen) atoms. The van der Waals surface area contributed by atoms with Crippen LogP contribution in [-0.4, -0.2) is 18.4 Å². The maximum atomic E-state index is 3.87. The fraction of sp³-hybridized carbons (Fsp3) is 0.600. The van der Waals surface area contributed by atoms with Crippen LogP contribution in [0.3, 0.4) is 0 Å². The van der Waals surface area contributed by atoms with Crippen LogP contribution in [0.2, 0.25) is 19.3 Å². The first-order chi connectivity index (χ1) is 4.81. The predicted octanol–water partition coefficient (Wildman–Crippen LogP) is 3.85. The molecule has 0 aliphatic rings. The van der Waals surface area contributed by atoms with Gasteiger partial charge in [-0.15, -0.1) is 0 Å². The molecule has 0 bridgehead atoms. The number of allylic oxidation sites excluding steroid dienone is 3. The van der Waals surface area contributed by atoms with E-state index in [1.54, 1.807) is 0 Å². The Morgan fingerprint density at radius 3 is 2.00 bits per heavy atom. The van der Waals surface area contributed by atoms with Crippen molar-refractivity contribution < 1.29 is 0 Å². The Kier molecular flexibility index (Phi) is 4.45. The van der Waals surface area contributed by atoms with Gasteiger partial charge in [-0.3, -0.25) is 0 Å². The minimum absolute atomic E-state index is 1.18. The molecule has 0 nitrogen and oxygen atoms in total. The van der Waals surface area contributed by atoms with Crippen LogP contribution in [0.5, 0.6) is 0 Å². The first-order valence-corrected chi connectivity index (χ1v) is 14.7. The van der Waals surface area contributed by atoms with E-state index < -0.39 is 18.4 Å². The third-order valence-corrected chi connectivity index (χ3v) is 5.92. The normalized spacial score (nSPS) is 13.4. The molecule has 0 radical (unpaired) electrons. The van der Waals surface area contributed by atoms with Crippen molar-refractivity contribution in [2.75, 3.05) is 0 Å². The topological polar surface area (TPSA) is 0 Å². The number of hydrogen-bond donors (Lipinski definition) is 0. The monoisotopic (exact) mass is 260 g/mol. The van der Waals surface area contributed by atoms with Gasteiger partial charge in [-0.2, -0.15) is 0 Å². The van der Waals surface area contributed by atoms with Crippen molar-refractivity contribution in [3.05, 3.63) is 23.8 Å². The fourth-order valence-electron chi connectivity index (χ4n) is 1.31. The molecule has 0 aromatic heterocycles. The average molecular weight is 259 g/mol. The van der Waals surface area contributed by atoms with Gasteiger partial charge in [0.15, 0.2) is 0 Å². The van der Waals surface area contributed by atoms with Crippen molar-refractivity contribution in [3.8, 4) is 0 Å². The van der Waals surface area contributed by atoms with Crippen molar-refractivity contribution in [1.29, 1.82) is 0 Å². The molecule has 0 atom stereocenters. The van der Waals surface area contributed by atoms with Gasteiger partial charge in [0.2, 0.25) is 0 Å². The number of rotatable bonds is 3. The average Bonchev–Trinajstić information content (AvgIpc) is 1.53. The second kappa shape index (κ2) is 4.34. The van der Waals surface area contributed by atoms with E-state index in [9.17, 15) is 0 Å². The molecule has 0 N–H and O–H groups in total. The molecule has 0 aliphatic carbocycles. The van der Waals surface area contributed by atoms with E-state index in [-0.39, 0.29) is 0 Å². The summed E-state index contributed by atoms with van der Waals surface area (Å²) in [5.41, 5.74) is 2.69. The molecule has 0 aromatic carbocycles. The molecule has 0 amide bonds. The fourth-order valence-corrected chi connectivity index (χ4v) is 6.37. The van der Waals surface area contributed by atoms with Crippen molar-refractivity contribution in [2.24, 2.45) is 0 Å². The Labute approximate surface area is 75.3 Å². The molecule has 0 saturated heterocycles. The third-order valence-electron chi connectivity index (χ3n) is 1.30. The van der Waals surface area contributed by atoms with Crippen LogP contribution in [0.25, 0.3) is 0 Å². The third kappa shape index (κ3) is 8.18. The van der Waals surface area contributed by atoms with Gasteiger partial charge in [0.05, 0.1) is 0 Å². The van der Waals surface area contributed by atoms with Crippen molar-refractivity contribution in [1.82, 2.24) is 0 Å². The summed E-state index contributed by atoms with van der Waals surface area (Å²) in [6, 6.07) is 0. The molecular weight excluding hydrogens is 239 g/mol. The van der Waals surface area contributed by atoms with Gasteiger partial charge in [0, 0.05) is 0 Å². The molecule has 0 heterocycles. The number of hydrogen-bond acceptors (Lipinski definition) is 0. The van der Waals surface area contributed by atoms with E-state index in [0.29, 0.717) is 0 Å². The van der Waals surface area contributed by atoms with Crippen molar-refractivity contribution in [2.45, 2.75) is 33.1 Å². The van der Waals surface area contributed by atoms with Gasteiger partial charge in [-0.25, -0.2) is 0 Å². The van der Waals surface area contributed by atoms with Crippen LogP contribution < -0.4 is 0 Å². The quantitative estimate of drug-likeness (QED) is 0.533. The first-order valence-electron chi connectivity index (χ1n) is 4.14. The molecule has 0 saturated carbocycles. The second-order valence-electron chi connectivity index (χ2n) is 4.57. The summed E-state index contributed by atoms with van der Waals surface area (Å²) in [4.78, 5) is 7.39. The molecular formula is C10H20Sn. The van der Waals surface area contributed by atoms with Gasteiger partial charge < -0.3 is 0 Å². The molecule has 0 spiro atoms. The zero-order valence-electron chi connectivity index (χ0n) is 8.49. The Morgan fingerprint density at radius 2 is 1.73 bits per heavy atom. The molecule has 0 aromatic rings. The molecule has 0 fully saturated rings. The van der Waals surface area contributed by atoms with Gasteiger partial charge in [0.25, 0.3) is 0 Å². The summed E-state index contributed by atoms with van der Waals surface area (Å²) < 4.78 is 1.36. The Hall–Kier alpha value is 0.279. The first kappa shape index (κ1) is 11.3. The van der Waals surface area contributed by atoms with E-state index in [1.807, 2.05) is 0 Å². The van der Waals surface area contributed by atoms with E-state index in [1.165, 1.54) is 15.6 Å². The summed E-state index contributed by atoms with van der Waals surface area (Å²) in [6.07, 6.45) is 2.21. The van der Waals surface area contributed by atoms with Gasteiger partial charge in [-0.05, 0) is 0 Å². The molecule has 0 aliphatic heterocycles. The molecule has 0 unspecified atom stereocenters. The van der Waals surface area contributed by atoms with E-state index in [4.69, 9.17) is 0 Å². The van der Waals surface area contributed by atoms with Crippen LogP contribution in [0.15, 0.2) is 23.8 Å². The van der Waals surface area contributed by atoms with Crippen molar-refractivity contribution in [3.63, 3.8) is 0 Å². The minimum atomic E-state index is -1.56. The predicted molar refractivity (Wildman–Crippen MR) is 56.7 cm³/mol. The summed E-state index contributed by atoms with van der Waals surface area (Å²) in [5, 5.41) is 0. The standard InChI is InChI=1S/C7H11.3CH3.Sn/c1-6(2)5-7(3)4;;;;/h5H,1,3H2,2,4H3;3*1H3;/b6-5-;;;;. The summed E-state index contributed by atoms with van der Waals surface area (Å²) in [7, 11) is 0. The van der Waals surface area contributed by atoms with Crippen molar-refractivity contribution >= 4 is 18.4 Å². The van der Waals surface area contributed by atoms with Gasteiger partial charge >= 0.3 is 75.3 Å². The summed E-state index contributed by atoms with van der Waals surface area (Å²) in [6.45, 7) is 8.15. The summed E-state index contributed by atoms with van der Waals surface area (Å²) >= 11 is -1.56. The van der Waals surface area contributed by atoms with Gasteiger partial charge in [0.1, 0.15) is 0 Å².